The van der Waals surface area contributed by atoms with E-state index in [1.54, 1.807) is 12.1 Å². The third kappa shape index (κ3) is 1.95. The van der Waals surface area contributed by atoms with Crippen molar-refractivity contribution < 1.29 is 9.50 Å². The van der Waals surface area contributed by atoms with Gasteiger partial charge in [0.15, 0.2) is 0 Å². The van der Waals surface area contributed by atoms with Crippen LogP contribution >= 0.6 is 15.9 Å². The Labute approximate surface area is 97.4 Å². The van der Waals surface area contributed by atoms with Crippen molar-refractivity contribution >= 4 is 15.9 Å². The second-order valence-corrected chi connectivity index (χ2v) is 5.15. The van der Waals surface area contributed by atoms with Crippen molar-refractivity contribution in [1.29, 1.82) is 0 Å². The van der Waals surface area contributed by atoms with Crippen molar-refractivity contribution in [3.05, 3.63) is 34.1 Å². The molecule has 15 heavy (non-hydrogen) atoms. The first kappa shape index (κ1) is 11.1. The molecule has 1 aromatic carbocycles. The molecule has 1 nitrogen and oxygen atoms in total. The Morgan fingerprint density at radius 3 is 2.93 bits per heavy atom. The average Bonchev–Trinajstić information content (AvgIpc) is 2.78. The van der Waals surface area contributed by atoms with Crippen LogP contribution in [0.4, 0.5) is 4.39 Å². The molecule has 2 unspecified atom stereocenters. The van der Waals surface area contributed by atoms with Gasteiger partial charge in [-0.05, 0) is 30.9 Å². The second-order valence-electron chi connectivity index (χ2n) is 4.24. The summed E-state index contributed by atoms with van der Waals surface area (Å²) in [5.41, 5.74) is -0.454. The maximum Gasteiger partial charge on any atom is 0.130 e. The second kappa shape index (κ2) is 3.87. The normalized spacial score (nSPS) is 29.2. The maximum absolute atomic E-state index is 13.6. The van der Waals surface area contributed by atoms with E-state index in [4.69, 9.17) is 0 Å². The lowest BCUT2D eigenvalue weighted by Gasteiger charge is -2.12. The van der Waals surface area contributed by atoms with E-state index in [0.717, 1.165) is 12.8 Å². The molecule has 1 N–H and O–H groups in total. The van der Waals surface area contributed by atoms with Crippen molar-refractivity contribution in [2.45, 2.75) is 31.8 Å². The minimum atomic E-state index is -0.902. The van der Waals surface area contributed by atoms with Gasteiger partial charge < -0.3 is 5.11 Å². The molecule has 1 aliphatic rings. The summed E-state index contributed by atoms with van der Waals surface area (Å²) in [5.74, 6) is -0.0800. The van der Waals surface area contributed by atoms with E-state index < -0.39 is 5.60 Å². The number of hydrogen-bond acceptors (Lipinski definition) is 1. The van der Waals surface area contributed by atoms with Crippen LogP contribution in [-0.2, 0) is 5.60 Å². The molecule has 1 saturated carbocycles. The lowest BCUT2D eigenvalue weighted by molar-refractivity contribution is 0.124. The highest BCUT2D eigenvalue weighted by atomic mass is 79.9. The molecule has 1 aromatic rings. The molecule has 0 aromatic heterocycles. The van der Waals surface area contributed by atoms with E-state index in [0.29, 0.717) is 16.5 Å². The molecule has 0 bridgehead atoms. The molecule has 0 radical (unpaired) electrons. The standard InChI is InChI=1S/C12H14BrFO/c1-2-3-8-7-12(8,15)10-5-4-9(13)6-11(10)14/h4-6,8,15H,2-3,7H2,1H3. The fourth-order valence-electron chi connectivity index (χ4n) is 2.18. The largest absolute Gasteiger partial charge is 0.385 e. The van der Waals surface area contributed by atoms with Crippen LogP contribution < -0.4 is 0 Å². The summed E-state index contributed by atoms with van der Waals surface area (Å²) in [6.45, 7) is 2.08. The minimum absolute atomic E-state index is 0.234. The van der Waals surface area contributed by atoms with Crippen LogP contribution in [-0.4, -0.2) is 5.11 Å². The fraction of sp³-hybridized carbons (Fsp3) is 0.500. The zero-order valence-electron chi connectivity index (χ0n) is 8.63. The zero-order chi connectivity index (χ0) is 11.1. The quantitative estimate of drug-likeness (QED) is 0.892. The molecule has 1 aliphatic carbocycles. The van der Waals surface area contributed by atoms with Crippen LogP contribution in [0.1, 0.15) is 31.7 Å². The molecule has 3 heteroatoms. The van der Waals surface area contributed by atoms with Gasteiger partial charge >= 0.3 is 0 Å². The first-order valence-electron chi connectivity index (χ1n) is 5.26. The molecular weight excluding hydrogens is 259 g/mol. The van der Waals surface area contributed by atoms with Crippen LogP contribution in [0.2, 0.25) is 0 Å². The smallest absolute Gasteiger partial charge is 0.130 e. The molecule has 2 rings (SSSR count). The third-order valence-corrected chi connectivity index (χ3v) is 3.60. The highest BCUT2D eigenvalue weighted by molar-refractivity contribution is 9.10. The van der Waals surface area contributed by atoms with Crippen molar-refractivity contribution in [3.8, 4) is 0 Å². The first-order valence-corrected chi connectivity index (χ1v) is 6.05. The number of benzene rings is 1. The van der Waals surface area contributed by atoms with Gasteiger partial charge in [-0.25, -0.2) is 4.39 Å². The van der Waals surface area contributed by atoms with Crippen LogP contribution in [0.25, 0.3) is 0 Å². The predicted molar refractivity (Wildman–Crippen MR) is 61.0 cm³/mol. The summed E-state index contributed by atoms with van der Waals surface area (Å²) in [6, 6.07) is 4.86. The lowest BCUT2D eigenvalue weighted by Crippen LogP contribution is -2.11. The topological polar surface area (TPSA) is 20.2 Å². The number of hydrogen-bond donors (Lipinski definition) is 1. The zero-order valence-corrected chi connectivity index (χ0v) is 10.2. The van der Waals surface area contributed by atoms with Crippen LogP contribution in [0, 0.1) is 11.7 Å². The monoisotopic (exact) mass is 272 g/mol. The Bertz CT molecular complexity index is 380. The van der Waals surface area contributed by atoms with Gasteiger partial charge in [0.25, 0.3) is 0 Å². The molecule has 0 aliphatic heterocycles. The average molecular weight is 273 g/mol. The molecule has 2 atom stereocenters. The van der Waals surface area contributed by atoms with E-state index in [-0.39, 0.29) is 11.7 Å². The molecule has 0 heterocycles. The number of aliphatic hydroxyl groups is 1. The van der Waals surface area contributed by atoms with Crippen LogP contribution in [0.3, 0.4) is 0 Å². The van der Waals surface area contributed by atoms with Crippen LogP contribution in [0.15, 0.2) is 22.7 Å². The van der Waals surface area contributed by atoms with Gasteiger partial charge in [0.2, 0.25) is 0 Å². The van der Waals surface area contributed by atoms with E-state index in [2.05, 4.69) is 22.9 Å². The number of rotatable bonds is 3. The maximum atomic E-state index is 13.6. The van der Waals surface area contributed by atoms with Gasteiger partial charge in [0.05, 0.1) is 5.60 Å². The Balaban J connectivity index is 2.24. The Hall–Kier alpha value is -0.410. The van der Waals surface area contributed by atoms with Gasteiger partial charge in [-0.1, -0.05) is 35.3 Å². The molecule has 82 valence electrons. The highest BCUT2D eigenvalue weighted by Gasteiger charge is 2.54. The third-order valence-electron chi connectivity index (χ3n) is 3.11. The summed E-state index contributed by atoms with van der Waals surface area (Å²) >= 11 is 3.21. The Kier molecular flexibility index (Phi) is 2.86. The predicted octanol–water partition coefficient (Wildman–Crippen LogP) is 3.60. The van der Waals surface area contributed by atoms with E-state index in [1.807, 2.05) is 0 Å². The summed E-state index contributed by atoms with van der Waals surface area (Å²) < 4.78 is 14.3. The van der Waals surface area contributed by atoms with Crippen LogP contribution in [0.5, 0.6) is 0 Å². The minimum Gasteiger partial charge on any atom is -0.385 e. The summed E-state index contributed by atoms with van der Waals surface area (Å²) in [5, 5.41) is 10.2. The first-order chi connectivity index (χ1) is 7.08. The molecule has 1 fully saturated rings. The van der Waals surface area contributed by atoms with E-state index in [9.17, 15) is 9.50 Å². The van der Waals surface area contributed by atoms with Crippen molar-refractivity contribution in [2.75, 3.05) is 0 Å². The van der Waals surface area contributed by atoms with Crippen molar-refractivity contribution in [3.63, 3.8) is 0 Å². The summed E-state index contributed by atoms with van der Waals surface area (Å²) in [4.78, 5) is 0. The summed E-state index contributed by atoms with van der Waals surface area (Å²) in [7, 11) is 0. The van der Waals surface area contributed by atoms with Crippen molar-refractivity contribution in [1.82, 2.24) is 0 Å². The van der Waals surface area contributed by atoms with Gasteiger partial charge in [-0.15, -0.1) is 0 Å². The van der Waals surface area contributed by atoms with E-state index >= 15 is 0 Å². The SMILES string of the molecule is CCCC1CC1(O)c1ccc(Br)cc1F. The van der Waals surface area contributed by atoms with Gasteiger partial charge in [-0.2, -0.15) is 0 Å². The van der Waals surface area contributed by atoms with Gasteiger partial charge in [-0.3, -0.25) is 0 Å². The molecule has 0 saturated heterocycles. The molecular formula is C12H14BrFO. The highest BCUT2D eigenvalue weighted by Crippen LogP contribution is 2.54. The van der Waals surface area contributed by atoms with Gasteiger partial charge in [0, 0.05) is 10.0 Å². The Morgan fingerprint density at radius 1 is 1.60 bits per heavy atom. The fourth-order valence-corrected chi connectivity index (χ4v) is 2.51. The lowest BCUT2D eigenvalue weighted by atomic mass is 10.0. The molecule has 0 amide bonds. The molecule has 0 spiro atoms. The Morgan fingerprint density at radius 2 is 2.33 bits per heavy atom. The van der Waals surface area contributed by atoms with Gasteiger partial charge in [0.1, 0.15) is 5.82 Å². The van der Waals surface area contributed by atoms with E-state index in [1.165, 1.54) is 6.07 Å². The number of halogens is 2. The van der Waals surface area contributed by atoms with Crippen molar-refractivity contribution in [2.24, 2.45) is 5.92 Å². The summed E-state index contributed by atoms with van der Waals surface area (Å²) in [6.07, 6.45) is 2.69.